The Morgan fingerprint density at radius 2 is 2.31 bits per heavy atom. The van der Waals surface area contributed by atoms with Crippen molar-refractivity contribution in [2.45, 2.75) is 26.8 Å². The van der Waals surface area contributed by atoms with Gasteiger partial charge in [0.25, 0.3) is 0 Å². The molecule has 72 valence electrons. The van der Waals surface area contributed by atoms with Crippen molar-refractivity contribution in [3.8, 4) is 6.07 Å². The molecule has 4 nitrogen and oxygen atoms in total. The lowest BCUT2D eigenvalue weighted by Crippen LogP contribution is -2.09. The Labute approximate surface area is 78.5 Å². The molecule has 0 saturated carbocycles. The van der Waals surface area contributed by atoms with Crippen LogP contribution in [0.4, 0.5) is 0 Å². The van der Waals surface area contributed by atoms with Gasteiger partial charge in [-0.25, -0.2) is 4.98 Å². The molecule has 0 aromatic carbocycles. The first-order valence-electron chi connectivity index (χ1n) is 4.32. The van der Waals surface area contributed by atoms with Gasteiger partial charge in [-0.15, -0.1) is 0 Å². The minimum atomic E-state index is -0.0767. The largest absolute Gasteiger partial charge is 0.394 e. The van der Waals surface area contributed by atoms with Gasteiger partial charge in [0.05, 0.1) is 25.2 Å². The molecular weight excluding hydrogens is 166 g/mol. The van der Waals surface area contributed by atoms with Crippen LogP contribution in [0.15, 0.2) is 12.5 Å². The van der Waals surface area contributed by atoms with Crippen LogP contribution in [0.25, 0.3) is 0 Å². The van der Waals surface area contributed by atoms with E-state index < -0.39 is 0 Å². The van der Waals surface area contributed by atoms with E-state index in [1.165, 1.54) is 6.20 Å². The van der Waals surface area contributed by atoms with Crippen LogP contribution >= 0.6 is 0 Å². The molecule has 1 rings (SSSR count). The molecule has 0 aliphatic heterocycles. The van der Waals surface area contributed by atoms with Crippen LogP contribution in [0.3, 0.4) is 0 Å². The fraction of sp³-hybridized carbons (Fsp3) is 0.556. The standard InChI is InChI=1S/C7H9N3O.C2H6/c1-6(4-11)10-5-9-3-7(10)2-8;1-2/h3,5-6,11H,4H2,1H3;1-2H3/t6-;/m1./s1. The number of imidazole rings is 1. The predicted octanol–water partition coefficient (Wildman–Crippen LogP) is 1.33. The fourth-order valence-electron chi connectivity index (χ4n) is 0.830. The zero-order valence-corrected chi connectivity index (χ0v) is 8.23. The highest BCUT2D eigenvalue weighted by Gasteiger charge is 2.06. The molecule has 0 spiro atoms. The number of hydrogen-bond donors (Lipinski definition) is 1. The molecular formula is C9H15N3O. The van der Waals surface area contributed by atoms with Gasteiger partial charge in [-0.3, -0.25) is 0 Å². The molecule has 0 unspecified atom stereocenters. The van der Waals surface area contributed by atoms with Gasteiger partial charge in [0, 0.05) is 0 Å². The minimum absolute atomic E-state index is 0.0189. The Kier molecular flexibility index (Phi) is 5.57. The third kappa shape index (κ3) is 2.88. The van der Waals surface area contributed by atoms with E-state index in [0.717, 1.165) is 0 Å². The molecule has 1 N–H and O–H groups in total. The summed E-state index contributed by atoms with van der Waals surface area (Å²) in [6.45, 7) is 5.84. The Morgan fingerprint density at radius 3 is 2.77 bits per heavy atom. The van der Waals surface area contributed by atoms with Crippen molar-refractivity contribution in [1.82, 2.24) is 9.55 Å². The quantitative estimate of drug-likeness (QED) is 0.748. The molecule has 0 aliphatic carbocycles. The summed E-state index contributed by atoms with van der Waals surface area (Å²) in [4.78, 5) is 3.79. The molecule has 1 heterocycles. The van der Waals surface area contributed by atoms with Gasteiger partial charge in [0.2, 0.25) is 0 Å². The lowest BCUT2D eigenvalue weighted by molar-refractivity contribution is 0.238. The summed E-state index contributed by atoms with van der Waals surface area (Å²) in [5.74, 6) is 0. The van der Waals surface area contributed by atoms with Crippen molar-refractivity contribution < 1.29 is 5.11 Å². The molecule has 13 heavy (non-hydrogen) atoms. The molecule has 4 heteroatoms. The first-order chi connectivity index (χ1) is 6.29. The summed E-state index contributed by atoms with van der Waals surface area (Å²) in [7, 11) is 0. The highest BCUT2D eigenvalue weighted by molar-refractivity contribution is 5.17. The molecule has 0 saturated heterocycles. The van der Waals surface area contributed by atoms with E-state index in [0.29, 0.717) is 5.69 Å². The summed E-state index contributed by atoms with van der Waals surface area (Å²) in [6.07, 6.45) is 3.02. The maximum atomic E-state index is 8.77. The van der Waals surface area contributed by atoms with Gasteiger partial charge in [-0.2, -0.15) is 5.26 Å². The lowest BCUT2D eigenvalue weighted by Gasteiger charge is -2.09. The number of aliphatic hydroxyl groups excluding tert-OH is 1. The topological polar surface area (TPSA) is 61.8 Å². The predicted molar refractivity (Wildman–Crippen MR) is 50.1 cm³/mol. The van der Waals surface area contributed by atoms with Crippen molar-refractivity contribution in [3.05, 3.63) is 18.2 Å². The van der Waals surface area contributed by atoms with E-state index in [9.17, 15) is 0 Å². The number of hydrogen-bond acceptors (Lipinski definition) is 3. The van der Waals surface area contributed by atoms with Gasteiger partial charge in [0.15, 0.2) is 0 Å². The molecule has 1 aromatic heterocycles. The summed E-state index contributed by atoms with van der Waals surface area (Å²) >= 11 is 0. The number of aliphatic hydroxyl groups is 1. The molecule has 1 atom stereocenters. The van der Waals surface area contributed by atoms with Crippen molar-refractivity contribution in [2.24, 2.45) is 0 Å². The number of aromatic nitrogens is 2. The maximum Gasteiger partial charge on any atom is 0.140 e. The number of rotatable bonds is 2. The van der Waals surface area contributed by atoms with Crippen LogP contribution in [0, 0.1) is 11.3 Å². The SMILES string of the molecule is CC.C[C@H](CO)n1cncc1C#N. The molecule has 0 amide bonds. The molecule has 0 radical (unpaired) electrons. The Morgan fingerprint density at radius 1 is 1.69 bits per heavy atom. The zero-order chi connectivity index (χ0) is 10.3. The Hall–Kier alpha value is -1.34. The molecule has 0 bridgehead atoms. The van der Waals surface area contributed by atoms with E-state index in [1.807, 2.05) is 26.8 Å². The second-order valence-electron chi connectivity index (χ2n) is 2.33. The van der Waals surface area contributed by atoms with Crippen LogP contribution < -0.4 is 0 Å². The van der Waals surface area contributed by atoms with Gasteiger partial charge in [-0.05, 0) is 6.92 Å². The van der Waals surface area contributed by atoms with Crippen molar-refractivity contribution in [3.63, 3.8) is 0 Å². The summed E-state index contributed by atoms with van der Waals surface area (Å²) in [6, 6.07) is 1.90. The highest BCUT2D eigenvalue weighted by atomic mass is 16.3. The first kappa shape index (κ1) is 11.7. The van der Waals surface area contributed by atoms with E-state index in [1.54, 1.807) is 10.9 Å². The number of nitriles is 1. The summed E-state index contributed by atoms with van der Waals surface area (Å²) in [5.41, 5.74) is 0.478. The van der Waals surface area contributed by atoms with E-state index >= 15 is 0 Å². The van der Waals surface area contributed by atoms with Gasteiger partial charge >= 0.3 is 0 Å². The molecule has 0 fully saturated rings. The van der Waals surface area contributed by atoms with Crippen molar-refractivity contribution in [2.75, 3.05) is 6.61 Å². The number of nitrogens with zero attached hydrogens (tertiary/aromatic N) is 3. The Balaban J connectivity index is 0.000000671. The van der Waals surface area contributed by atoms with Crippen LogP contribution in [0.5, 0.6) is 0 Å². The van der Waals surface area contributed by atoms with Gasteiger partial charge in [-0.1, -0.05) is 13.8 Å². The van der Waals surface area contributed by atoms with Gasteiger partial charge < -0.3 is 9.67 Å². The summed E-state index contributed by atoms with van der Waals surface area (Å²) in [5, 5.41) is 17.3. The normalized spacial score (nSPS) is 11.0. The minimum Gasteiger partial charge on any atom is -0.394 e. The van der Waals surface area contributed by atoms with Crippen LogP contribution in [0.2, 0.25) is 0 Å². The van der Waals surface area contributed by atoms with Crippen LogP contribution in [-0.2, 0) is 0 Å². The van der Waals surface area contributed by atoms with E-state index in [-0.39, 0.29) is 12.6 Å². The van der Waals surface area contributed by atoms with Crippen molar-refractivity contribution in [1.29, 1.82) is 5.26 Å². The molecule has 0 aliphatic rings. The average Bonchev–Trinajstić information content (AvgIpc) is 2.67. The third-order valence-electron chi connectivity index (χ3n) is 1.52. The monoisotopic (exact) mass is 181 g/mol. The van der Waals surface area contributed by atoms with E-state index in [2.05, 4.69) is 4.98 Å². The Bertz CT molecular complexity index is 275. The van der Waals surface area contributed by atoms with Gasteiger partial charge in [0.1, 0.15) is 11.8 Å². The lowest BCUT2D eigenvalue weighted by atomic mass is 10.3. The highest BCUT2D eigenvalue weighted by Crippen LogP contribution is 2.06. The zero-order valence-electron chi connectivity index (χ0n) is 8.23. The molecule has 1 aromatic rings. The smallest absolute Gasteiger partial charge is 0.140 e. The van der Waals surface area contributed by atoms with Crippen molar-refractivity contribution >= 4 is 0 Å². The average molecular weight is 181 g/mol. The second-order valence-corrected chi connectivity index (χ2v) is 2.33. The first-order valence-corrected chi connectivity index (χ1v) is 4.32. The fourth-order valence-corrected chi connectivity index (χ4v) is 0.830. The van der Waals surface area contributed by atoms with Crippen LogP contribution in [-0.4, -0.2) is 21.3 Å². The third-order valence-corrected chi connectivity index (χ3v) is 1.52. The van der Waals surface area contributed by atoms with Crippen LogP contribution in [0.1, 0.15) is 32.5 Å². The summed E-state index contributed by atoms with van der Waals surface area (Å²) < 4.78 is 1.64. The second kappa shape index (κ2) is 6.21. The maximum absolute atomic E-state index is 8.77. The van der Waals surface area contributed by atoms with E-state index in [4.69, 9.17) is 10.4 Å².